The SMILES string of the molecule is O=C(c1ccccc1Br)N(Cc1cccn1Cc1ccccc1)C1CC1. The van der Waals surface area contributed by atoms with Crippen molar-refractivity contribution in [2.45, 2.75) is 32.0 Å². The summed E-state index contributed by atoms with van der Waals surface area (Å²) in [6.07, 6.45) is 4.28. The Bertz CT molecular complexity index is 899. The van der Waals surface area contributed by atoms with Crippen molar-refractivity contribution >= 4 is 21.8 Å². The number of amides is 1. The molecule has 0 aliphatic heterocycles. The molecule has 1 aliphatic rings. The molecule has 3 nitrogen and oxygen atoms in total. The monoisotopic (exact) mass is 408 g/mol. The molecule has 2 aromatic carbocycles. The first-order valence-corrected chi connectivity index (χ1v) is 9.75. The number of hydrogen-bond acceptors (Lipinski definition) is 1. The highest BCUT2D eigenvalue weighted by Crippen LogP contribution is 2.31. The highest BCUT2D eigenvalue weighted by atomic mass is 79.9. The lowest BCUT2D eigenvalue weighted by atomic mass is 10.2. The van der Waals surface area contributed by atoms with Crippen LogP contribution in [0.25, 0.3) is 0 Å². The van der Waals surface area contributed by atoms with E-state index in [-0.39, 0.29) is 5.91 Å². The van der Waals surface area contributed by atoms with E-state index >= 15 is 0 Å². The van der Waals surface area contributed by atoms with E-state index in [2.05, 4.69) is 63.1 Å². The molecule has 0 bridgehead atoms. The van der Waals surface area contributed by atoms with E-state index in [0.717, 1.165) is 29.4 Å². The summed E-state index contributed by atoms with van der Waals surface area (Å²) < 4.78 is 3.09. The predicted octanol–water partition coefficient (Wildman–Crippen LogP) is 5.10. The van der Waals surface area contributed by atoms with Crippen molar-refractivity contribution in [3.63, 3.8) is 0 Å². The summed E-state index contributed by atoms with van der Waals surface area (Å²) in [6.45, 7) is 1.47. The Balaban J connectivity index is 1.56. The molecule has 1 aromatic heterocycles. The highest BCUT2D eigenvalue weighted by Gasteiger charge is 2.34. The van der Waals surface area contributed by atoms with E-state index < -0.39 is 0 Å². The minimum atomic E-state index is 0.104. The average Bonchev–Trinajstić information content (AvgIpc) is 3.41. The van der Waals surface area contributed by atoms with Crippen LogP contribution in [-0.2, 0) is 13.1 Å². The molecule has 0 saturated heterocycles. The van der Waals surface area contributed by atoms with Gasteiger partial charge in [-0.1, -0.05) is 42.5 Å². The summed E-state index contributed by atoms with van der Waals surface area (Å²) >= 11 is 3.52. The van der Waals surface area contributed by atoms with Crippen molar-refractivity contribution in [2.75, 3.05) is 0 Å². The molecule has 3 aromatic rings. The summed E-state index contributed by atoms with van der Waals surface area (Å²) in [6, 6.07) is 22.6. The molecule has 1 aliphatic carbocycles. The summed E-state index contributed by atoms with van der Waals surface area (Å²) in [4.78, 5) is 15.2. The van der Waals surface area contributed by atoms with Crippen molar-refractivity contribution in [1.29, 1.82) is 0 Å². The Kier molecular flexibility index (Phi) is 4.93. The summed E-state index contributed by atoms with van der Waals surface area (Å²) in [7, 11) is 0. The van der Waals surface area contributed by atoms with Gasteiger partial charge >= 0.3 is 0 Å². The van der Waals surface area contributed by atoms with E-state index in [1.165, 1.54) is 11.3 Å². The van der Waals surface area contributed by atoms with Crippen LogP contribution >= 0.6 is 15.9 Å². The Hall–Kier alpha value is -2.33. The van der Waals surface area contributed by atoms with Gasteiger partial charge < -0.3 is 9.47 Å². The minimum absolute atomic E-state index is 0.104. The number of benzene rings is 2. The third kappa shape index (κ3) is 3.75. The van der Waals surface area contributed by atoms with Crippen LogP contribution in [0.3, 0.4) is 0 Å². The zero-order valence-corrected chi connectivity index (χ0v) is 16.1. The fourth-order valence-electron chi connectivity index (χ4n) is 3.24. The maximum Gasteiger partial charge on any atom is 0.255 e. The van der Waals surface area contributed by atoms with Gasteiger partial charge in [0.2, 0.25) is 0 Å². The van der Waals surface area contributed by atoms with Crippen LogP contribution in [0.4, 0.5) is 0 Å². The second-order valence-electron chi connectivity index (χ2n) is 6.76. The topological polar surface area (TPSA) is 25.2 Å². The molecule has 0 spiro atoms. The van der Waals surface area contributed by atoms with Crippen molar-refractivity contribution in [2.24, 2.45) is 0 Å². The number of rotatable bonds is 6. The minimum Gasteiger partial charge on any atom is -0.345 e. The number of carbonyl (C=O) groups is 1. The van der Waals surface area contributed by atoms with E-state index in [1.807, 2.05) is 35.2 Å². The molecule has 1 fully saturated rings. The third-order valence-electron chi connectivity index (χ3n) is 4.80. The van der Waals surface area contributed by atoms with E-state index in [9.17, 15) is 4.79 Å². The van der Waals surface area contributed by atoms with Crippen LogP contribution in [-0.4, -0.2) is 21.4 Å². The second-order valence-corrected chi connectivity index (χ2v) is 7.61. The number of hydrogen-bond donors (Lipinski definition) is 0. The van der Waals surface area contributed by atoms with Gasteiger partial charge in [0.1, 0.15) is 0 Å². The Morgan fingerprint density at radius 2 is 1.73 bits per heavy atom. The van der Waals surface area contributed by atoms with Crippen molar-refractivity contribution in [1.82, 2.24) is 9.47 Å². The lowest BCUT2D eigenvalue weighted by Crippen LogP contribution is -2.33. The lowest BCUT2D eigenvalue weighted by Gasteiger charge is -2.24. The fourth-order valence-corrected chi connectivity index (χ4v) is 3.70. The molecule has 4 heteroatoms. The Labute approximate surface area is 162 Å². The predicted molar refractivity (Wildman–Crippen MR) is 107 cm³/mol. The number of carbonyl (C=O) groups excluding carboxylic acids is 1. The Morgan fingerprint density at radius 1 is 1.00 bits per heavy atom. The molecule has 4 rings (SSSR count). The van der Waals surface area contributed by atoms with Crippen LogP contribution in [0.2, 0.25) is 0 Å². The third-order valence-corrected chi connectivity index (χ3v) is 5.50. The lowest BCUT2D eigenvalue weighted by molar-refractivity contribution is 0.0725. The van der Waals surface area contributed by atoms with E-state index in [0.29, 0.717) is 12.6 Å². The first kappa shape index (κ1) is 17.1. The molecule has 0 atom stereocenters. The van der Waals surface area contributed by atoms with Gasteiger partial charge in [-0.05, 0) is 58.6 Å². The molecule has 0 radical (unpaired) electrons. The van der Waals surface area contributed by atoms with Crippen LogP contribution in [0, 0.1) is 0 Å². The van der Waals surface area contributed by atoms with Gasteiger partial charge in [-0.3, -0.25) is 4.79 Å². The molecule has 0 unspecified atom stereocenters. The van der Waals surface area contributed by atoms with Gasteiger partial charge in [0.25, 0.3) is 5.91 Å². The van der Waals surface area contributed by atoms with Crippen molar-refractivity contribution < 1.29 is 4.79 Å². The van der Waals surface area contributed by atoms with Gasteiger partial charge in [0, 0.05) is 29.0 Å². The summed E-state index contributed by atoms with van der Waals surface area (Å²) in [5.41, 5.74) is 3.17. The zero-order valence-electron chi connectivity index (χ0n) is 14.5. The molecular formula is C22H21BrN2O. The van der Waals surface area contributed by atoms with Gasteiger partial charge in [-0.25, -0.2) is 0 Å². The average molecular weight is 409 g/mol. The van der Waals surface area contributed by atoms with Crippen molar-refractivity contribution in [3.8, 4) is 0 Å². The molecule has 132 valence electrons. The fraction of sp³-hybridized carbons (Fsp3) is 0.227. The quantitative estimate of drug-likeness (QED) is 0.556. The molecule has 1 saturated carbocycles. The normalized spacial score (nSPS) is 13.6. The van der Waals surface area contributed by atoms with E-state index in [4.69, 9.17) is 0 Å². The molecule has 1 amide bonds. The second kappa shape index (κ2) is 7.50. The smallest absolute Gasteiger partial charge is 0.255 e. The standard InChI is InChI=1S/C22H21BrN2O/c23-21-11-5-4-10-20(21)22(26)25(18-12-13-18)16-19-9-6-14-24(19)15-17-7-2-1-3-8-17/h1-11,14,18H,12-13,15-16H2. The van der Waals surface area contributed by atoms with Crippen LogP contribution in [0.15, 0.2) is 77.4 Å². The van der Waals surface area contributed by atoms with Crippen LogP contribution in [0.5, 0.6) is 0 Å². The maximum atomic E-state index is 13.1. The molecule has 26 heavy (non-hydrogen) atoms. The summed E-state index contributed by atoms with van der Waals surface area (Å²) in [5, 5.41) is 0. The number of halogens is 1. The largest absolute Gasteiger partial charge is 0.345 e. The van der Waals surface area contributed by atoms with E-state index in [1.54, 1.807) is 0 Å². The molecule has 0 N–H and O–H groups in total. The number of aromatic nitrogens is 1. The van der Waals surface area contributed by atoms with Gasteiger partial charge in [0.05, 0.1) is 12.1 Å². The Morgan fingerprint density at radius 3 is 2.46 bits per heavy atom. The van der Waals surface area contributed by atoms with Gasteiger partial charge in [-0.15, -0.1) is 0 Å². The highest BCUT2D eigenvalue weighted by molar-refractivity contribution is 9.10. The first-order valence-electron chi connectivity index (χ1n) is 8.96. The zero-order chi connectivity index (χ0) is 17.9. The number of nitrogens with zero attached hydrogens (tertiary/aromatic N) is 2. The van der Waals surface area contributed by atoms with Crippen LogP contribution < -0.4 is 0 Å². The first-order chi connectivity index (χ1) is 12.7. The maximum absolute atomic E-state index is 13.1. The van der Waals surface area contributed by atoms with Crippen LogP contribution in [0.1, 0.15) is 34.5 Å². The summed E-state index contributed by atoms with van der Waals surface area (Å²) in [5.74, 6) is 0.104. The van der Waals surface area contributed by atoms with Gasteiger partial charge in [-0.2, -0.15) is 0 Å². The molecule has 1 heterocycles. The van der Waals surface area contributed by atoms with Crippen molar-refractivity contribution in [3.05, 3.63) is 94.2 Å². The molecular weight excluding hydrogens is 388 g/mol. The van der Waals surface area contributed by atoms with Gasteiger partial charge in [0.15, 0.2) is 0 Å².